The molecule has 0 N–H and O–H groups in total. The number of fused-ring (bicyclic) bond motifs is 1. The van der Waals surface area contributed by atoms with E-state index in [2.05, 4.69) is 0 Å². The van der Waals surface area contributed by atoms with Gasteiger partial charge in [0.1, 0.15) is 5.92 Å². The molecule has 6 heteroatoms. The summed E-state index contributed by atoms with van der Waals surface area (Å²) in [6.45, 7) is 2.00. The third kappa shape index (κ3) is 2.90. The number of carbonyl (C=O) groups is 2. The molecule has 30 heavy (non-hydrogen) atoms. The molecule has 2 saturated heterocycles. The fourth-order valence-electron chi connectivity index (χ4n) is 4.29. The summed E-state index contributed by atoms with van der Waals surface area (Å²) in [5.74, 6) is -1.27. The van der Waals surface area contributed by atoms with Crippen LogP contribution in [-0.4, -0.2) is 17.9 Å². The molecule has 150 valence electrons. The fourth-order valence-corrected chi connectivity index (χ4v) is 4.42. The maximum Gasteiger partial charge on any atom is 0.266 e. The smallest absolute Gasteiger partial charge is 0.266 e. The zero-order valence-corrected chi connectivity index (χ0v) is 17.0. The van der Waals surface area contributed by atoms with E-state index < -0.39 is 18.1 Å². The Hall–Kier alpha value is -3.15. The predicted octanol–water partition coefficient (Wildman–Crippen LogP) is 4.70. The third-order valence-electron chi connectivity index (χ3n) is 5.72. The molecule has 3 unspecified atom stereocenters. The van der Waals surface area contributed by atoms with Gasteiger partial charge >= 0.3 is 0 Å². The zero-order chi connectivity index (χ0) is 20.8. The van der Waals surface area contributed by atoms with Crippen molar-refractivity contribution < 1.29 is 14.4 Å². The molecule has 0 radical (unpaired) electrons. The Balaban J connectivity index is 1.60. The molecule has 3 aromatic rings. The number of hydrogen-bond donors (Lipinski definition) is 0. The Morgan fingerprint density at radius 2 is 1.47 bits per heavy atom. The van der Waals surface area contributed by atoms with Crippen molar-refractivity contribution in [3.63, 3.8) is 0 Å². The molecule has 0 bridgehead atoms. The van der Waals surface area contributed by atoms with Crippen LogP contribution >= 0.6 is 11.6 Å². The number of para-hydroxylation sites is 1. The number of hydroxylamine groups is 1. The van der Waals surface area contributed by atoms with Crippen molar-refractivity contribution in [2.75, 3.05) is 9.96 Å². The van der Waals surface area contributed by atoms with E-state index in [-0.39, 0.29) is 11.8 Å². The van der Waals surface area contributed by atoms with Crippen molar-refractivity contribution in [3.8, 4) is 0 Å². The van der Waals surface area contributed by atoms with E-state index in [1.165, 1.54) is 4.90 Å². The van der Waals surface area contributed by atoms with Crippen molar-refractivity contribution >= 4 is 34.8 Å². The number of aryl methyl sites for hydroxylation is 1. The number of amides is 2. The molecule has 3 aromatic carbocycles. The van der Waals surface area contributed by atoms with Gasteiger partial charge in [0, 0.05) is 5.02 Å². The first-order chi connectivity index (χ1) is 14.6. The Labute approximate surface area is 179 Å². The second-order valence-corrected chi connectivity index (χ2v) is 7.94. The number of carbonyl (C=O) groups excluding carboxylic acids is 2. The van der Waals surface area contributed by atoms with E-state index in [0.29, 0.717) is 10.7 Å². The van der Waals surface area contributed by atoms with Gasteiger partial charge in [0.05, 0.1) is 17.4 Å². The normalized spacial score (nSPS) is 23.2. The number of benzene rings is 3. The van der Waals surface area contributed by atoms with E-state index in [0.717, 1.165) is 16.8 Å². The van der Waals surface area contributed by atoms with Gasteiger partial charge in [-0.15, -0.1) is 0 Å². The lowest BCUT2D eigenvalue weighted by Gasteiger charge is -2.29. The van der Waals surface area contributed by atoms with Crippen LogP contribution in [-0.2, 0) is 14.4 Å². The van der Waals surface area contributed by atoms with Gasteiger partial charge in [-0.05, 0) is 54.4 Å². The number of anilines is 2. The fraction of sp³-hybridized carbons (Fsp3) is 0.167. The lowest BCUT2D eigenvalue weighted by Crippen LogP contribution is -2.37. The Morgan fingerprint density at radius 3 is 2.17 bits per heavy atom. The van der Waals surface area contributed by atoms with E-state index in [4.69, 9.17) is 16.4 Å². The van der Waals surface area contributed by atoms with Crippen LogP contribution in [0, 0.1) is 12.8 Å². The highest BCUT2D eigenvalue weighted by Crippen LogP contribution is 2.48. The summed E-state index contributed by atoms with van der Waals surface area (Å²) >= 11 is 5.97. The molecule has 2 amide bonds. The molecule has 0 saturated carbocycles. The van der Waals surface area contributed by atoms with Crippen LogP contribution in [0.15, 0.2) is 78.9 Å². The molecule has 2 aliphatic heterocycles. The van der Waals surface area contributed by atoms with E-state index in [1.807, 2.05) is 61.5 Å². The summed E-state index contributed by atoms with van der Waals surface area (Å²) in [7, 11) is 0. The molecule has 0 aromatic heterocycles. The minimum absolute atomic E-state index is 0.265. The quantitative estimate of drug-likeness (QED) is 0.578. The largest absolute Gasteiger partial charge is 0.273 e. The molecule has 3 atom stereocenters. The molecule has 2 fully saturated rings. The number of hydrogen-bond acceptors (Lipinski definition) is 4. The number of imide groups is 1. The molecule has 0 spiro atoms. The van der Waals surface area contributed by atoms with Crippen molar-refractivity contribution in [3.05, 3.63) is 95.0 Å². The summed E-state index contributed by atoms with van der Waals surface area (Å²) < 4.78 is 0. The van der Waals surface area contributed by atoms with Crippen LogP contribution in [0.2, 0.25) is 5.02 Å². The maximum atomic E-state index is 13.5. The second-order valence-electron chi connectivity index (χ2n) is 7.50. The summed E-state index contributed by atoms with van der Waals surface area (Å²) in [6.07, 6.45) is -0.877. The van der Waals surface area contributed by atoms with E-state index >= 15 is 0 Å². The van der Waals surface area contributed by atoms with Crippen molar-refractivity contribution in [2.24, 2.45) is 5.92 Å². The van der Waals surface area contributed by atoms with Gasteiger partial charge in [0.2, 0.25) is 5.91 Å². The minimum atomic E-state index is -0.877. The molecule has 5 nitrogen and oxygen atoms in total. The second kappa shape index (κ2) is 7.27. The molecular weight excluding hydrogens is 400 g/mol. The number of nitrogens with zero attached hydrogens (tertiary/aromatic N) is 2. The summed E-state index contributed by atoms with van der Waals surface area (Å²) in [5, 5.41) is 2.26. The highest BCUT2D eigenvalue weighted by Gasteiger charge is 2.60. The van der Waals surface area contributed by atoms with Crippen LogP contribution < -0.4 is 9.96 Å². The summed E-state index contributed by atoms with van der Waals surface area (Å²) in [5.41, 5.74) is 3.31. The molecular formula is C24H19ClN2O3. The molecule has 0 aliphatic carbocycles. The maximum absolute atomic E-state index is 13.5. The molecule has 5 rings (SSSR count). The monoisotopic (exact) mass is 418 g/mol. The van der Waals surface area contributed by atoms with Crippen molar-refractivity contribution in [2.45, 2.75) is 19.1 Å². The Bertz CT molecular complexity index is 1120. The molecule has 2 heterocycles. The van der Waals surface area contributed by atoms with Gasteiger partial charge in [-0.3, -0.25) is 14.4 Å². The average Bonchev–Trinajstić information content (AvgIpc) is 3.26. The van der Waals surface area contributed by atoms with Gasteiger partial charge in [-0.25, -0.2) is 9.96 Å². The van der Waals surface area contributed by atoms with Crippen LogP contribution in [0.1, 0.15) is 17.2 Å². The Kier molecular flexibility index (Phi) is 4.57. The van der Waals surface area contributed by atoms with E-state index in [1.54, 1.807) is 29.3 Å². The van der Waals surface area contributed by atoms with Gasteiger partial charge in [0.15, 0.2) is 6.10 Å². The third-order valence-corrected chi connectivity index (χ3v) is 5.97. The van der Waals surface area contributed by atoms with Gasteiger partial charge in [-0.2, -0.15) is 0 Å². The first-order valence-corrected chi connectivity index (χ1v) is 10.1. The highest BCUT2D eigenvalue weighted by atomic mass is 35.5. The lowest BCUT2D eigenvalue weighted by atomic mass is 9.88. The van der Waals surface area contributed by atoms with Crippen LogP contribution in [0.5, 0.6) is 0 Å². The highest BCUT2D eigenvalue weighted by molar-refractivity contribution is 6.31. The average molecular weight is 419 g/mol. The molecule has 2 aliphatic rings. The van der Waals surface area contributed by atoms with Gasteiger partial charge in [0.25, 0.3) is 5.91 Å². The van der Waals surface area contributed by atoms with Crippen LogP contribution in [0.4, 0.5) is 11.4 Å². The van der Waals surface area contributed by atoms with Gasteiger partial charge in [-0.1, -0.05) is 54.1 Å². The topological polar surface area (TPSA) is 49.9 Å². The van der Waals surface area contributed by atoms with Crippen LogP contribution in [0.3, 0.4) is 0 Å². The summed E-state index contributed by atoms with van der Waals surface area (Å²) in [6, 6.07) is 23.7. The standard InChI is InChI=1S/C24H19ClN2O3/c1-15-7-5-6-10-19(15)21-20-22(30-27(21)18-8-3-2-4-9-18)24(29)26(23(20)28)17-13-11-16(25)12-14-17/h2-14,20-22H,1H3. The SMILES string of the molecule is Cc1ccccc1C1C2C(=O)N(c3ccc(Cl)cc3)C(=O)C2ON1c1ccccc1. The first-order valence-electron chi connectivity index (χ1n) is 9.76. The number of halogens is 1. The van der Waals surface area contributed by atoms with Crippen molar-refractivity contribution in [1.29, 1.82) is 0 Å². The number of rotatable bonds is 3. The zero-order valence-electron chi connectivity index (χ0n) is 16.2. The van der Waals surface area contributed by atoms with Crippen LogP contribution in [0.25, 0.3) is 0 Å². The first kappa shape index (κ1) is 18.9. The minimum Gasteiger partial charge on any atom is -0.273 e. The van der Waals surface area contributed by atoms with Crippen molar-refractivity contribution in [1.82, 2.24) is 0 Å². The van der Waals surface area contributed by atoms with E-state index in [9.17, 15) is 9.59 Å². The Morgan fingerprint density at radius 1 is 0.800 bits per heavy atom. The van der Waals surface area contributed by atoms with Gasteiger partial charge < -0.3 is 0 Å². The summed E-state index contributed by atoms with van der Waals surface area (Å²) in [4.78, 5) is 34.1. The lowest BCUT2D eigenvalue weighted by molar-refractivity contribution is -0.126. The predicted molar refractivity (Wildman–Crippen MR) is 115 cm³/mol.